The lowest BCUT2D eigenvalue weighted by molar-refractivity contribution is 1.15. The summed E-state index contributed by atoms with van der Waals surface area (Å²) in [5.41, 5.74) is 1.38. The predicted molar refractivity (Wildman–Crippen MR) is 76.7 cm³/mol. The largest absolute Gasteiger partial charge is 0.143 e. The molecular formula is C14H11BrS. The van der Waals surface area contributed by atoms with E-state index in [0.29, 0.717) is 4.83 Å². The molecule has 0 spiro atoms. The molecule has 1 aromatic heterocycles. The Kier molecular flexibility index (Phi) is 2.49. The van der Waals surface area contributed by atoms with E-state index in [4.69, 9.17) is 0 Å². The molecule has 1 unspecified atom stereocenters. The molecule has 0 aliphatic rings. The van der Waals surface area contributed by atoms with Crippen LogP contribution < -0.4 is 0 Å². The molecule has 0 radical (unpaired) electrons. The molecule has 0 saturated heterocycles. The maximum Gasteiger partial charge on any atom is 0.0424 e. The summed E-state index contributed by atoms with van der Waals surface area (Å²) in [7, 11) is 0. The van der Waals surface area contributed by atoms with Crippen LogP contribution in [0.5, 0.6) is 0 Å². The van der Waals surface area contributed by atoms with Crippen molar-refractivity contribution in [3.63, 3.8) is 0 Å². The van der Waals surface area contributed by atoms with Gasteiger partial charge in [0.1, 0.15) is 0 Å². The van der Waals surface area contributed by atoms with E-state index in [1.54, 1.807) is 0 Å². The van der Waals surface area contributed by atoms with Gasteiger partial charge in [0.25, 0.3) is 0 Å². The fraction of sp³-hybridized carbons (Fsp3) is 0.143. The smallest absolute Gasteiger partial charge is 0.0424 e. The number of fused-ring (bicyclic) bond motifs is 3. The second-order valence-electron chi connectivity index (χ2n) is 3.97. The summed E-state index contributed by atoms with van der Waals surface area (Å²) >= 11 is 5.51. The molecular weight excluding hydrogens is 280 g/mol. The summed E-state index contributed by atoms with van der Waals surface area (Å²) < 4.78 is 1.40. The van der Waals surface area contributed by atoms with Crippen LogP contribution in [0.3, 0.4) is 0 Å². The van der Waals surface area contributed by atoms with E-state index in [1.165, 1.54) is 26.4 Å². The van der Waals surface area contributed by atoms with Crippen LogP contribution in [0.1, 0.15) is 17.3 Å². The Hall–Kier alpha value is -0.860. The summed E-state index contributed by atoms with van der Waals surface area (Å²) in [6.45, 7) is 2.18. The highest BCUT2D eigenvalue weighted by atomic mass is 79.9. The van der Waals surface area contributed by atoms with Gasteiger partial charge in [-0.2, -0.15) is 0 Å². The maximum atomic E-state index is 3.68. The molecule has 1 atom stereocenters. The fourth-order valence-electron chi connectivity index (χ4n) is 2.15. The summed E-state index contributed by atoms with van der Waals surface area (Å²) in [5, 5.41) is 6.26. The lowest BCUT2D eigenvalue weighted by Crippen LogP contribution is -1.85. The van der Waals surface area contributed by atoms with E-state index in [1.807, 2.05) is 11.3 Å². The number of benzene rings is 2. The third-order valence-electron chi connectivity index (χ3n) is 2.92. The number of hydrogen-bond donors (Lipinski definition) is 0. The van der Waals surface area contributed by atoms with Crippen molar-refractivity contribution in [3.8, 4) is 0 Å². The van der Waals surface area contributed by atoms with Crippen molar-refractivity contribution in [1.82, 2.24) is 0 Å². The van der Waals surface area contributed by atoms with Crippen LogP contribution in [0.2, 0.25) is 0 Å². The molecule has 0 N–H and O–H groups in total. The molecule has 0 fully saturated rings. The van der Waals surface area contributed by atoms with Gasteiger partial charge in [-0.25, -0.2) is 0 Å². The Bertz CT molecular complexity index is 652. The minimum Gasteiger partial charge on any atom is -0.143 e. The summed E-state index contributed by atoms with van der Waals surface area (Å²) in [6.07, 6.45) is 0. The first-order valence-corrected chi connectivity index (χ1v) is 7.10. The number of rotatable bonds is 1. The van der Waals surface area contributed by atoms with Gasteiger partial charge in [0, 0.05) is 9.53 Å². The topological polar surface area (TPSA) is 0 Å². The highest BCUT2D eigenvalue weighted by Crippen LogP contribution is 2.37. The highest BCUT2D eigenvalue weighted by Gasteiger charge is 2.10. The van der Waals surface area contributed by atoms with Crippen molar-refractivity contribution in [2.45, 2.75) is 11.8 Å². The average molecular weight is 291 g/mol. The number of halogens is 1. The second-order valence-corrected chi connectivity index (χ2v) is 6.26. The van der Waals surface area contributed by atoms with Crippen molar-refractivity contribution >= 4 is 48.1 Å². The first-order chi connectivity index (χ1) is 7.77. The fourth-order valence-corrected chi connectivity index (χ4v) is 3.49. The van der Waals surface area contributed by atoms with Gasteiger partial charge in [-0.05, 0) is 46.2 Å². The molecule has 2 heteroatoms. The van der Waals surface area contributed by atoms with Crippen molar-refractivity contribution in [2.24, 2.45) is 0 Å². The van der Waals surface area contributed by atoms with Crippen molar-refractivity contribution in [1.29, 1.82) is 0 Å². The van der Waals surface area contributed by atoms with Gasteiger partial charge in [0.15, 0.2) is 0 Å². The van der Waals surface area contributed by atoms with Crippen LogP contribution in [-0.2, 0) is 0 Å². The van der Waals surface area contributed by atoms with E-state index in [2.05, 4.69) is 64.6 Å². The standard InChI is InChI=1S/C14H11BrS/c1-9(15)13-8-10-4-2-3-5-11(10)14-12(13)6-7-16-14/h2-9H,1H3. The third-order valence-corrected chi connectivity index (χ3v) is 4.36. The second kappa shape index (κ2) is 3.86. The van der Waals surface area contributed by atoms with Crippen LogP contribution in [0, 0.1) is 0 Å². The van der Waals surface area contributed by atoms with Crippen LogP contribution in [0.15, 0.2) is 41.8 Å². The molecule has 16 heavy (non-hydrogen) atoms. The number of alkyl halides is 1. The van der Waals surface area contributed by atoms with Gasteiger partial charge in [0.2, 0.25) is 0 Å². The predicted octanol–water partition coefficient (Wildman–Crippen LogP) is 5.51. The highest BCUT2D eigenvalue weighted by molar-refractivity contribution is 9.09. The molecule has 0 saturated carbocycles. The van der Waals surface area contributed by atoms with E-state index in [-0.39, 0.29) is 0 Å². The van der Waals surface area contributed by atoms with Gasteiger partial charge in [-0.3, -0.25) is 0 Å². The third kappa shape index (κ3) is 1.48. The summed E-state index contributed by atoms with van der Waals surface area (Å²) in [4.78, 5) is 0.397. The van der Waals surface area contributed by atoms with E-state index in [0.717, 1.165) is 0 Å². The van der Waals surface area contributed by atoms with E-state index in [9.17, 15) is 0 Å². The minimum atomic E-state index is 0.397. The Labute approximate surface area is 107 Å². The molecule has 0 aliphatic heterocycles. The van der Waals surface area contributed by atoms with Gasteiger partial charge in [-0.1, -0.05) is 40.2 Å². The first kappa shape index (κ1) is 10.3. The average Bonchev–Trinajstić information content (AvgIpc) is 2.76. The van der Waals surface area contributed by atoms with Crippen molar-refractivity contribution in [3.05, 3.63) is 47.3 Å². The van der Waals surface area contributed by atoms with Gasteiger partial charge in [-0.15, -0.1) is 11.3 Å². The lowest BCUT2D eigenvalue weighted by Gasteiger charge is -2.08. The normalized spacial score (nSPS) is 13.4. The maximum absolute atomic E-state index is 3.68. The Morgan fingerprint density at radius 1 is 1.12 bits per heavy atom. The van der Waals surface area contributed by atoms with Crippen LogP contribution >= 0.6 is 27.3 Å². The zero-order valence-electron chi connectivity index (χ0n) is 8.91. The zero-order valence-corrected chi connectivity index (χ0v) is 11.3. The van der Waals surface area contributed by atoms with Crippen molar-refractivity contribution < 1.29 is 0 Å². The molecule has 3 aromatic rings. The first-order valence-electron chi connectivity index (χ1n) is 5.30. The molecule has 0 aliphatic carbocycles. The number of hydrogen-bond acceptors (Lipinski definition) is 1. The molecule has 1 heterocycles. The molecule has 0 nitrogen and oxygen atoms in total. The van der Waals surface area contributed by atoms with Crippen LogP contribution in [0.4, 0.5) is 0 Å². The van der Waals surface area contributed by atoms with Crippen LogP contribution in [0.25, 0.3) is 20.9 Å². The Morgan fingerprint density at radius 2 is 1.94 bits per heavy atom. The van der Waals surface area contributed by atoms with Gasteiger partial charge < -0.3 is 0 Å². The number of thiophene rings is 1. The van der Waals surface area contributed by atoms with Gasteiger partial charge >= 0.3 is 0 Å². The lowest BCUT2D eigenvalue weighted by atomic mass is 10.0. The summed E-state index contributed by atoms with van der Waals surface area (Å²) in [5.74, 6) is 0. The molecule has 0 bridgehead atoms. The SMILES string of the molecule is CC(Br)c1cc2ccccc2c2sccc12. The minimum absolute atomic E-state index is 0.397. The quantitative estimate of drug-likeness (QED) is 0.518. The molecule has 2 aromatic carbocycles. The van der Waals surface area contributed by atoms with E-state index >= 15 is 0 Å². The Balaban J connectivity index is 2.53. The summed E-state index contributed by atoms with van der Waals surface area (Å²) in [6, 6.07) is 13.1. The van der Waals surface area contributed by atoms with E-state index < -0.39 is 0 Å². The molecule has 0 amide bonds. The van der Waals surface area contributed by atoms with Gasteiger partial charge in [0.05, 0.1) is 0 Å². The molecule has 3 rings (SSSR count). The zero-order chi connectivity index (χ0) is 11.1. The van der Waals surface area contributed by atoms with Crippen LogP contribution in [-0.4, -0.2) is 0 Å². The van der Waals surface area contributed by atoms with Crippen molar-refractivity contribution in [2.75, 3.05) is 0 Å². The molecule has 80 valence electrons. The monoisotopic (exact) mass is 290 g/mol. The Morgan fingerprint density at radius 3 is 2.75 bits per heavy atom.